The van der Waals surface area contributed by atoms with E-state index in [1.165, 1.54) is 0 Å². The van der Waals surface area contributed by atoms with Crippen molar-refractivity contribution in [1.29, 1.82) is 0 Å². The number of nitrogens with zero attached hydrogens (tertiary/aromatic N) is 2. The van der Waals surface area contributed by atoms with Gasteiger partial charge in [0.2, 0.25) is 5.69 Å². The molecule has 1 aliphatic rings. The summed E-state index contributed by atoms with van der Waals surface area (Å²) in [5.41, 5.74) is 4.24. The molecule has 126 valence electrons. The van der Waals surface area contributed by atoms with E-state index in [0.29, 0.717) is 0 Å². The van der Waals surface area contributed by atoms with Crippen LogP contribution in [0.1, 0.15) is 5.56 Å². The highest BCUT2D eigenvalue weighted by Crippen LogP contribution is 2.27. The van der Waals surface area contributed by atoms with Gasteiger partial charge < -0.3 is 4.90 Å². The van der Waals surface area contributed by atoms with Crippen molar-refractivity contribution in [1.82, 2.24) is 0 Å². The van der Waals surface area contributed by atoms with Crippen molar-refractivity contribution in [3.05, 3.63) is 121 Å². The summed E-state index contributed by atoms with van der Waals surface area (Å²) in [7, 11) is 0. The number of aromatic nitrogens is 1. The van der Waals surface area contributed by atoms with Gasteiger partial charge in [-0.15, -0.1) is 0 Å². The number of anilines is 1. The Hall–Kier alpha value is -3.10. The molecule has 0 atom stereocenters. The molecule has 0 bridgehead atoms. The molecule has 0 unspecified atom stereocenters. The molecule has 0 aliphatic carbocycles. The molecule has 0 N–H and O–H groups in total. The van der Waals surface area contributed by atoms with E-state index in [0.717, 1.165) is 27.5 Å². The topological polar surface area (TPSA) is 7.12 Å². The van der Waals surface area contributed by atoms with Crippen molar-refractivity contribution < 1.29 is 4.57 Å². The van der Waals surface area contributed by atoms with Crippen LogP contribution in [0.25, 0.3) is 10.7 Å². The number of para-hydroxylation sites is 2. The monoisotopic (exact) mass is 357 g/mol. The summed E-state index contributed by atoms with van der Waals surface area (Å²) in [5.74, 6) is 0. The van der Waals surface area contributed by atoms with E-state index >= 15 is 0 Å². The second-order valence-electron chi connectivity index (χ2n) is 5.97. The van der Waals surface area contributed by atoms with E-state index in [9.17, 15) is 0 Å². The Kier molecular flexibility index (Phi) is 4.67. The minimum absolute atomic E-state index is 0.741. The van der Waals surface area contributed by atoms with Crippen LogP contribution in [0.2, 0.25) is 0 Å². The lowest BCUT2D eigenvalue weighted by molar-refractivity contribution is -0.595. The maximum absolute atomic E-state index is 6.63. The molecule has 3 heteroatoms. The lowest BCUT2D eigenvalue weighted by Gasteiger charge is -2.19. The molecular weight excluding hydrogens is 340 g/mol. The first-order valence-electron chi connectivity index (χ1n) is 8.48. The molecule has 2 nitrogen and oxygen atoms in total. The van der Waals surface area contributed by atoms with Crippen LogP contribution in [0.5, 0.6) is 0 Å². The Morgan fingerprint density at radius 1 is 0.731 bits per heavy atom. The second kappa shape index (κ2) is 7.42. The van der Waals surface area contributed by atoms with Gasteiger partial charge in [0.25, 0.3) is 0 Å². The van der Waals surface area contributed by atoms with Crippen molar-refractivity contribution in [3.8, 4) is 5.69 Å². The number of pyridine rings is 1. The van der Waals surface area contributed by atoms with E-state index in [2.05, 4.69) is 33.7 Å². The van der Waals surface area contributed by atoms with Gasteiger partial charge in [0.1, 0.15) is 0 Å². The minimum Gasteiger partial charge on any atom is -0.324 e. The predicted molar refractivity (Wildman–Crippen MR) is 108 cm³/mol. The third-order valence-electron chi connectivity index (χ3n) is 4.27. The number of hydrogen-bond donors (Lipinski definition) is 0. The van der Waals surface area contributed by atoms with Crippen LogP contribution in [-0.4, -0.2) is 0 Å². The molecule has 4 rings (SSSR count). The Balaban J connectivity index is 1.56. The highest BCUT2D eigenvalue weighted by molar-refractivity contribution is 6.49. The fraction of sp³-hybridized carbons (Fsp3) is 0. The molecule has 1 aliphatic heterocycles. The molecule has 2 heterocycles. The first kappa shape index (κ1) is 16.4. The van der Waals surface area contributed by atoms with Crippen LogP contribution >= 0.6 is 11.6 Å². The van der Waals surface area contributed by atoms with Crippen LogP contribution in [0.4, 0.5) is 5.69 Å². The van der Waals surface area contributed by atoms with Gasteiger partial charge in [-0.3, -0.25) is 0 Å². The van der Waals surface area contributed by atoms with Gasteiger partial charge in [0.15, 0.2) is 12.4 Å². The molecule has 2 aromatic carbocycles. The quantitative estimate of drug-likeness (QED) is 0.564. The average molecular weight is 358 g/mol. The molecule has 0 radical (unpaired) electrons. The summed E-state index contributed by atoms with van der Waals surface area (Å²) >= 11 is 6.63. The van der Waals surface area contributed by atoms with Gasteiger partial charge in [0.05, 0.1) is 5.03 Å². The van der Waals surface area contributed by atoms with E-state index in [1.54, 1.807) is 0 Å². The lowest BCUT2D eigenvalue weighted by atomic mass is 10.1. The maximum atomic E-state index is 6.63. The smallest absolute Gasteiger partial charge is 0.210 e. The standard InChI is InChI=1S/C23H18ClN2/c24-23(19-11-15-25(16-12-19)21-7-3-1-4-8-21)20-13-17-26(18-14-20)22-9-5-2-6-10-22/h1-18H/q+1. The van der Waals surface area contributed by atoms with Crippen LogP contribution in [0, 0.1) is 0 Å². The Bertz CT molecular complexity index is 956. The highest BCUT2D eigenvalue weighted by Gasteiger charge is 2.10. The molecule has 0 saturated carbocycles. The lowest BCUT2D eigenvalue weighted by Crippen LogP contribution is -2.29. The minimum atomic E-state index is 0.741. The van der Waals surface area contributed by atoms with Crippen LogP contribution in [-0.2, 0) is 0 Å². The van der Waals surface area contributed by atoms with Crippen LogP contribution in [0.15, 0.2) is 115 Å². The van der Waals surface area contributed by atoms with Gasteiger partial charge in [-0.1, -0.05) is 48.0 Å². The fourth-order valence-electron chi connectivity index (χ4n) is 2.86. The second-order valence-corrected chi connectivity index (χ2v) is 6.35. The largest absolute Gasteiger partial charge is 0.324 e. The third kappa shape index (κ3) is 3.46. The van der Waals surface area contributed by atoms with Crippen LogP contribution in [0.3, 0.4) is 0 Å². The molecular formula is C23H18ClN2+. The molecule has 0 spiro atoms. The van der Waals surface area contributed by atoms with Crippen molar-refractivity contribution in [2.45, 2.75) is 0 Å². The zero-order valence-corrected chi connectivity index (χ0v) is 14.9. The zero-order valence-electron chi connectivity index (χ0n) is 14.2. The Morgan fingerprint density at radius 2 is 1.31 bits per heavy atom. The van der Waals surface area contributed by atoms with Crippen molar-refractivity contribution in [3.63, 3.8) is 0 Å². The summed E-state index contributed by atoms with van der Waals surface area (Å²) in [5, 5.41) is 0.741. The molecule has 0 amide bonds. The number of hydrogen-bond acceptors (Lipinski definition) is 1. The van der Waals surface area contributed by atoms with Gasteiger partial charge in [-0.25, -0.2) is 0 Å². The first-order valence-corrected chi connectivity index (χ1v) is 8.86. The average Bonchev–Trinajstić information content (AvgIpc) is 2.75. The summed E-state index contributed by atoms with van der Waals surface area (Å²) in [6, 6.07) is 24.5. The third-order valence-corrected chi connectivity index (χ3v) is 4.71. The summed E-state index contributed by atoms with van der Waals surface area (Å²) in [6.45, 7) is 0. The Morgan fingerprint density at radius 3 is 1.92 bits per heavy atom. The van der Waals surface area contributed by atoms with E-state index < -0.39 is 0 Å². The van der Waals surface area contributed by atoms with Crippen LogP contribution < -0.4 is 9.47 Å². The summed E-state index contributed by atoms with van der Waals surface area (Å²) < 4.78 is 2.07. The Labute approximate surface area is 158 Å². The summed E-state index contributed by atoms with van der Waals surface area (Å²) in [6.07, 6.45) is 12.2. The van der Waals surface area contributed by atoms with Crippen molar-refractivity contribution in [2.75, 3.05) is 4.90 Å². The van der Waals surface area contributed by atoms with Gasteiger partial charge in [-0.05, 0) is 29.9 Å². The van der Waals surface area contributed by atoms with Crippen molar-refractivity contribution in [2.24, 2.45) is 0 Å². The first-order chi connectivity index (χ1) is 12.8. The fourth-order valence-corrected chi connectivity index (χ4v) is 3.11. The van der Waals surface area contributed by atoms with E-state index in [-0.39, 0.29) is 0 Å². The number of allylic oxidation sites excluding steroid dienone is 3. The van der Waals surface area contributed by atoms with Gasteiger partial charge >= 0.3 is 0 Å². The molecule has 26 heavy (non-hydrogen) atoms. The molecule has 0 saturated heterocycles. The van der Waals surface area contributed by atoms with E-state index in [1.807, 2.05) is 85.5 Å². The maximum Gasteiger partial charge on any atom is 0.210 e. The number of halogens is 1. The number of rotatable bonds is 3. The van der Waals surface area contributed by atoms with E-state index in [4.69, 9.17) is 11.6 Å². The normalized spacial score (nSPS) is 13.1. The van der Waals surface area contributed by atoms with Gasteiger partial charge in [0, 0.05) is 47.9 Å². The zero-order chi connectivity index (χ0) is 17.8. The van der Waals surface area contributed by atoms with Gasteiger partial charge in [-0.2, -0.15) is 4.57 Å². The SMILES string of the molecule is ClC(=C1C=CN(c2ccccc2)C=C1)c1cc[n+](-c2ccccc2)cc1. The van der Waals surface area contributed by atoms with Crippen molar-refractivity contribution >= 4 is 22.3 Å². The molecule has 3 aromatic rings. The number of benzene rings is 2. The predicted octanol–water partition coefficient (Wildman–Crippen LogP) is 5.46. The summed E-state index contributed by atoms with van der Waals surface area (Å²) in [4.78, 5) is 2.07. The molecule has 0 fully saturated rings. The molecule has 1 aromatic heterocycles. The highest BCUT2D eigenvalue weighted by atomic mass is 35.5.